The summed E-state index contributed by atoms with van der Waals surface area (Å²) in [5.74, 6) is 0.0302. The standard InChI is InChI=1S/C24H21N3O3S2/c28-22(17-14-18(30-27-17)20-10-5-13-31-20)26-24-21(16-8-4-9-19(16)32-24)23(29)25-12-11-15-6-2-1-3-7-15/h1-3,5-7,10,13-14H,4,8-9,11-12H2,(H,25,29)(H,26,28). The van der Waals surface area contributed by atoms with Crippen molar-refractivity contribution < 1.29 is 14.1 Å². The fourth-order valence-corrected chi connectivity index (χ4v) is 5.83. The Balaban J connectivity index is 1.31. The van der Waals surface area contributed by atoms with Gasteiger partial charge in [0.2, 0.25) is 0 Å². The van der Waals surface area contributed by atoms with Crippen LogP contribution in [0.3, 0.4) is 0 Å². The van der Waals surface area contributed by atoms with Crippen LogP contribution < -0.4 is 10.6 Å². The van der Waals surface area contributed by atoms with E-state index in [1.807, 2.05) is 47.8 Å². The Hall–Kier alpha value is -3.23. The van der Waals surface area contributed by atoms with Gasteiger partial charge >= 0.3 is 0 Å². The molecule has 2 amide bonds. The van der Waals surface area contributed by atoms with Gasteiger partial charge in [-0.2, -0.15) is 0 Å². The summed E-state index contributed by atoms with van der Waals surface area (Å²) >= 11 is 3.00. The van der Waals surface area contributed by atoms with E-state index in [4.69, 9.17) is 4.52 Å². The summed E-state index contributed by atoms with van der Waals surface area (Å²) in [6, 6.07) is 15.5. The molecular formula is C24H21N3O3S2. The summed E-state index contributed by atoms with van der Waals surface area (Å²) in [5.41, 5.74) is 3.01. The third-order valence-corrected chi connectivity index (χ3v) is 7.52. The number of hydrogen-bond acceptors (Lipinski definition) is 6. The third-order valence-electron chi connectivity index (χ3n) is 5.42. The van der Waals surface area contributed by atoms with Crippen LogP contribution in [0.5, 0.6) is 0 Å². The molecule has 0 radical (unpaired) electrons. The quantitative estimate of drug-likeness (QED) is 0.396. The average molecular weight is 464 g/mol. The molecule has 0 atom stereocenters. The zero-order valence-corrected chi connectivity index (χ0v) is 18.9. The Labute approximate surface area is 193 Å². The number of aromatic nitrogens is 1. The molecule has 0 saturated heterocycles. The number of anilines is 1. The Morgan fingerprint density at radius 3 is 2.75 bits per heavy atom. The molecule has 0 unspecified atom stereocenters. The number of carbonyl (C=O) groups is 2. The van der Waals surface area contributed by atoms with Crippen LogP contribution >= 0.6 is 22.7 Å². The topological polar surface area (TPSA) is 84.2 Å². The first-order valence-corrected chi connectivity index (χ1v) is 12.2. The third kappa shape index (κ3) is 4.24. The minimum atomic E-state index is -0.380. The smallest absolute Gasteiger partial charge is 0.278 e. The van der Waals surface area contributed by atoms with Gasteiger partial charge in [0.25, 0.3) is 11.8 Å². The number of rotatable bonds is 7. The SMILES string of the molecule is O=C(Nc1sc2c(c1C(=O)NCCc1ccccc1)CCC2)c1cc(-c2cccs2)on1. The summed E-state index contributed by atoms with van der Waals surface area (Å²) in [4.78, 5) is 28.0. The summed E-state index contributed by atoms with van der Waals surface area (Å²) in [6.07, 6.45) is 3.58. The van der Waals surface area contributed by atoms with E-state index in [0.717, 1.165) is 36.1 Å². The van der Waals surface area contributed by atoms with Crippen molar-refractivity contribution in [1.29, 1.82) is 0 Å². The molecule has 3 aromatic heterocycles. The van der Waals surface area contributed by atoms with E-state index >= 15 is 0 Å². The van der Waals surface area contributed by atoms with Crippen molar-refractivity contribution in [2.75, 3.05) is 11.9 Å². The van der Waals surface area contributed by atoms with Crippen LogP contribution in [0.25, 0.3) is 10.6 Å². The van der Waals surface area contributed by atoms with E-state index in [1.165, 1.54) is 33.1 Å². The second kappa shape index (κ2) is 9.10. The molecule has 0 saturated carbocycles. The maximum atomic E-state index is 13.1. The second-order valence-electron chi connectivity index (χ2n) is 7.56. The summed E-state index contributed by atoms with van der Waals surface area (Å²) in [7, 11) is 0. The molecule has 2 N–H and O–H groups in total. The molecule has 162 valence electrons. The molecule has 0 aliphatic heterocycles. The number of carbonyl (C=O) groups excluding carboxylic acids is 2. The lowest BCUT2D eigenvalue weighted by molar-refractivity contribution is 0.0954. The number of thiophene rings is 2. The van der Waals surface area contributed by atoms with Crippen LogP contribution in [0.1, 0.15) is 43.3 Å². The Kier molecular flexibility index (Phi) is 5.87. The minimum absolute atomic E-state index is 0.143. The summed E-state index contributed by atoms with van der Waals surface area (Å²) in [6.45, 7) is 0.536. The van der Waals surface area contributed by atoms with E-state index < -0.39 is 0 Å². The maximum absolute atomic E-state index is 13.1. The lowest BCUT2D eigenvalue weighted by atomic mass is 10.1. The number of amides is 2. The highest BCUT2D eigenvalue weighted by atomic mass is 32.1. The van der Waals surface area contributed by atoms with Gasteiger partial charge in [-0.1, -0.05) is 41.6 Å². The van der Waals surface area contributed by atoms with Crippen LogP contribution in [0, 0.1) is 0 Å². The normalized spacial score (nSPS) is 12.5. The lowest BCUT2D eigenvalue weighted by Crippen LogP contribution is -2.27. The number of aryl methyl sites for hydroxylation is 1. The van der Waals surface area contributed by atoms with Crippen molar-refractivity contribution in [2.24, 2.45) is 0 Å². The van der Waals surface area contributed by atoms with Crippen molar-refractivity contribution in [3.63, 3.8) is 0 Å². The molecule has 32 heavy (non-hydrogen) atoms. The van der Waals surface area contributed by atoms with Gasteiger partial charge in [-0.25, -0.2) is 0 Å². The molecule has 0 spiro atoms. The van der Waals surface area contributed by atoms with Crippen LogP contribution in [0.2, 0.25) is 0 Å². The van der Waals surface area contributed by atoms with Crippen molar-refractivity contribution in [2.45, 2.75) is 25.7 Å². The number of nitrogens with zero attached hydrogens (tertiary/aromatic N) is 1. The van der Waals surface area contributed by atoms with Gasteiger partial charge in [-0.3, -0.25) is 9.59 Å². The highest BCUT2D eigenvalue weighted by Crippen LogP contribution is 2.39. The highest BCUT2D eigenvalue weighted by Gasteiger charge is 2.28. The molecule has 4 aromatic rings. The Morgan fingerprint density at radius 2 is 1.94 bits per heavy atom. The van der Waals surface area contributed by atoms with Crippen LogP contribution in [0.15, 0.2) is 58.4 Å². The van der Waals surface area contributed by atoms with Gasteiger partial charge in [0.05, 0.1) is 10.4 Å². The van der Waals surface area contributed by atoms with E-state index in [2.05, 4.69) is 15.8 Å². The van der Waals surface area contributed by atoms with E-state index in [1.54, 1.807) is 6.07 Å². The highest BCUT2D eigenvalue weighted by molar-refractivity contribution is 7.17. The number of fused-ring (bicyclic) bond motifs is 1. The lowest BCUT2D eigenvalue weighted by Gasteiger charge is -2.09. The molecule has 3 heterocycles. The first-order valence-electron chi connectivity index (χ1n) is 10.5. The monoisotopic (exact) mass is 463 g/mol. The van der Waals surface area contributed by atoms with Crippen LogP contribution in [-0.4, -0.2) is 23.5 Å². The summed E-state index contributed by atoms with van der Waals surface area (Å²) < 4.78 is 5.33. The zero-order chi connectivity index (χ0) is 21.9. The average Bonchev–Trinajstić information content (AvgIpc) is 3.58. The fraction of sp³-hybridized carbons (Fsp3) is 0.208. The van der Waals surface area contributed by atoms with Crippen molar-refractivity contribution in [3.05, 3.63) is 81.2 Å². The molecule has 8 heteroatoms. The predicted molar refractivity (Wildman–Crippen MR) is 127 cm³/mol. The molecule has 1 aromatic carbocycles. The Bertz CT molecular complexity index is 1240. The van der Waals surface area contributed by atoms with Crippen molar-refractivity contribution >= 4 is 39.5 Å². The predicted octanol–water partition coefficient (Wildman–Crippen LogP) is 5.18. The molecule has 0 bridgehead atoms. The van der Waals surface area contributed by atoms with Gasteiger partial charge in [-0.05, 0) is 48.3 Å². The maximum Gasteiger partial charge on any atom is 0.278 e. The van der Waals surface area contributed by atoms with Crippen molar-refractivity contribution in [1.82, 2.24) is 10.5 Å². The molecule has 6 nitrogen and oxygen atoms in total. The van der Waals surface area contributed by atoms with Gasteiger partial charge < -0.3 is 15.2 Å². The van der Waals surface area contributed by atoms with Gasteiger partial charge in [-0.15, -0.1) is 22.7 Å². The van der Waals surface area contributed by atoms with Crippen LogP contribution in [0.4, 0.5) is 5.00 Å². The molecule has 1 aliphatic carbocycles. The zero-order valence-electron chi connectivity index (χ0n) is 17.2. The largest absolute Gasteiger partial charge is 0.355 e. The molecule has 1 aliphatic rings. The van der Waals surface area contributed by atoms with E-state index in [9.17, 15) is 9.59 Å². The van der Waals surface area contributed by atoms with Gasteiger partial charge in [0, 0.05) is 17.5 Å². The van der Waals surface area contributed by atoms with Gasteiger partial charge in [0.15, 0.2) is 11.5 Å². The van der Waals surface area contributed by atoms with Crippen molar-refractivity contribution in [3.8, 4) is 10.6 Å². The molecule has 0 fully saturated rings. The Morgan fingerprint density at radius 1 is 1.06 bits per heavy atom. The number of nitrogens with one attached hydrogen (secondary N) is 2. The molecular weight excluding hydrogens is 442 g/mol. The first-order chi connectivity index (χ1) is 15.7. The second-order valence-corrected chi connectivity index (χ2v) is 9.61. The number of benzene rings is 1. The fourth-order valence-electron chi connectivity index (χ4n) is 3.87. The minimum Gasteiger partial charge on any atom is -0.355 e. The number of hydrogen-bond donors (Lipinski definition) is 2. The first kappa shape index (κ1) is 20.7. The van der Waals surface area contributed by atoms with Gasteiger partial charge in [0.1, 0.15) is 5.00 Å². The van der Waals surface area contributed by atoms with Crippen LogP contribution in [-0.2, 0) is 19.3 Å². The van der Waals surface area contributed by atoms with E-state index in [-0.39, 0.29) is 17.5 Å². The summed E-state index contributed by atoms with van der Waals surface area (Å²) in [5, 5.41) is 12.4. The molecule has 5 rings (SSSR count). The van der Waals surface area contributed by atoms with E-state index in [0.29, 0.717) is 22.9 Å².